The number of hydrogen-bond acceptors (Lipinski definition) is 4. The second-order valence-corrected chi connectivity index (χ2v) is 6.29. The third-order valence-corrected chi connectivity index (χ3v) is 4.63. The molecule has 5 nitrogen and oxygen atoms in total. The summed E-state index contributed by atoms with van der Waals surface area (Å²) in [7, 11) is 0. The maximum atomic E-state index is 12.3. The number of ether oxygens (including phenoxy) is 1. The predicted molar refractivity (Wildman–Crippen MR) is 83.5 cm³/mol. The van der Waals surface area contributed by atoms with Gasteiger partial charge in [0.25, 0.3) is 0 Å². The minimum absolute atomic E-state index is 0.0916. The zero-order chi connectivity index (χ0) is 15.2. The number of nitrogens with zero attached hydrogens (tertiary/aromatic N) is 1. The highest BCUT2D eigenvalue weighted by Crippen LogP contribution is 2.30. The number of likely N-dealkylation sites (tertiary alicyclic amines) is 1. The molecule has 2 aliphatic heterocycles. The molecule has 22 heavy (non-hydrogen) atoms. The van der Waals surface area contributed by atoms with Gasteiger partial charge < -0.3 is 14.5 Å². The van der Waals surface area contributed by atoms with Crippen LogP contribution in [-0.4, -0.2) is 43.2 Å². The largest absolute Gasteiger partial charge is 0.468 e. The van der Waals surface area contributed by atoms with Crippen molar-refractivity contribution in [1.29, 1.82) is 0 Å². The van der Waals surface area contributed by atoms with Crippen molar-refractivity contribution in [2.75, 3.05) is 26.2 Å². The molecule has 0 saturated carbocycles. The molecule has 3 rings (SSSR count). The SMILES string of the molecule is O=C(CN1CCCCCC1c1ccco1)NCC1CCCO1. The zero-order valence-corrected chi connectivity index (χ0v) is 13.1. The summed E-state index contributed by atoms with van der Waals surface area (Å²) in [6, 6.07) is 4.18. The molecule has 0 aliphatic carbocycles. The van der Waals surface area contributed by atoms with E-state index >= 15 is 0 Å². The van der Waals surface area contributed by atoms with Crippen LogP contribution in [0, 0.1) is 0 Å². The molecule has 1 amide bonds. The molecule has 3 heterocycles. The van der Waals surface area contributed by atoms with Crippen LogP contribution in [0.4, 0.5) is 0 Å². The number of nitrogens with one attached hydrogen (secondary N) is 1. The Bertz CT molecular complexity index is 454. The minimum atomic E-state index is 0.0916. The summed E-state index contributed by atoms with van der Waals surface area (Å²) in [6.07, 6.45) is 8.71. The van der Waals surface area contributed by atoms with E-state index in [2.05, 4.69) is 10.2 Å². The Hall–Kier alpha value is -1.33. The summed E-state index contributed by atoms with van der Waals surface area (Å²) in [5.74, 6) is 1.07. The van der Waals surface area contributed by atoms with Gasteiger partial charge in [0.15, 0.2) is 0 Å². The van der Waals surface area contributed by atoms with E-state index in [4.69, 9.17) is 9.15 Å². The smallest absolute Gasteiger partial charge is 0.234 e. The summed E-state index contributed by atoms with van der Waals surface area (Å²) >= 11 is 0. The van der Waals surface area contributed by atoms with Gasteiger partial charge in [0.1, 0.15) is 5.76 Å². The fourth-order valence-corrected chi connectivity index (χ4v) is 3.43. The van der Waals surface area contributed by atoms with Gasteiger partial charge in [-0.1, -0.05) is 12.8 Å². The zero-order valence-electron chi connectivity index (χ0n) is 13.1. The van der Waals surface area contributed by atoms with Crippen molar-refractivity contribution < 1.29 is 13.9 Å². The van der Waals surface area contributed by atoms with Crippen molar-refractivity contribution in [2.45, 2.75) is 50.7 Å². The lowest BCUT2D eigenvalue weighted by Crippen LogP contribution is -2.41. The highest BCUT2D eigenvalue weighted by molar-refractivity contribution is 5.78. The lowest BCUT2D eigenvalue weighted by molar-refractivity contribution is -0.123. The van der Waals surface area contributed by atoms with Gasteiger partial charge in [-0.2, -0.15) is 0 Å². The molecule has 0 spiro atoms. The molecular formula is C17H26N2O3. The molecule has 1 aromatic rings. The fourth-order valence-electron chi connectivity index (χ4n) is 3.43. The van der Waals surface area contributed by atoms with Gasteiger partial charge in [-0.3, -0.25) is 9.69 Å². The van der Waals surface area contributed by atoms with Crippen molar-refractivity contribution in [1.82, 2.24) is 10.2 Å². The summed E-state index contributed by atoms with van der Waals surface area (Å²) in [5, 5.41) is 3.02. The van der Waals surface area contributed by atoms with Crippen LogP contribution in [0.1, 0.15) is 50.3 Å². The van der Waals surface area contributed by atoms with E-state index in [-0.39, 0.29) is 18.1 Å². The van der Waals surface area contributed by atoms with Gasteiger partial charge in [-0.25, -0.2) is 0 Å². The first-order valence-electron chi connectivity index (χ1n) is 8.48. The summed E-state index contributed by atoms with van der Waals surface area (Å²) in [5.41, 5.74) is 0. The Balaban J connectivity index is 1.54. The van der Waals surface area contributed by atoms with E-state index in [0.717, 1.165) is 44.6 Å². The number of carbonyl (C=O) groups is 1. The highest BCUT2D eigenvalue weighted by Gasteiger charge is 2.26. The first kappa shape index (κ1) is 15.6. The van der Waals surface area contributed by atoms with Gasteiger partial charge >= 0.3 is 0 Å². The highest BCUT2D eigenvalue weighted by atomic mass is 16.5. The van der Waals surface area contributed by atoms with E-state index in [1.165, 1.54) is 12.8 Å². The molecule has 2 aliphatic rings. The molecule has 2 unspecified atom stereocenters. The van der Waals surface area contributed by atoms with Crippen LogP contribution in [0.3, 0.4) is 0 Å². The van der Waals surface area contributed by atoms with Crippen LogP contribution in [0.5, 0.6) is 0 Å². The number of rotatable bonds is 5. The van der Waals surface area contributed by atoms with Crippen LogP contribution in [0.2, 0.25) is 0 Å². The van der Waals surface area contributed by atoms with Gasteiger partial charge in [0.05, 0.1) is 25.0 Å². The lowest BCUT2D eigenvalue weighted by Gasteiger charge is -2.28. The Kier molecular flexibility index (Phi) is 5.51. The number of furan rings is 1. The molecule has 0 bridgehead atoms. The average Bonchev–Trinajstić information content (AvgIpc) is 3.18. The topological polar surface area (TPSA) is 54.7 Å². The van der Waals surface area contributed by atoms with E-state index < -0.39 is 0 Å². The Labute approximate surface area is 132 Å². The first-order chi connectivity index (χ1) is 10.8. The van der Waals surface area contributed by atoms with Crippen molar-refractivity contribution in [3.8, 4) is 0 Å². The molecule has 2 fully saturated rings. The van der Waals surface area contributed by atoms with E-state index in [9.17, 15) is 4.79 Å². The quantitative estimate of drug-likeness (QED) is 0.908. The maximum Gasteiger partial charge on any atom is 0.234 e. The van der Waals surface area contributed by atoms with Crippen molar-refractivity contribution in [3.05, 3.63) is 24.2 Å². The van der Waals surface area contributed by atoms with Crippen LogP contribution >= 0.6 is 0 Å². The average molecular weight is 306 g/mol. The summed E-state index contributed by atoms with van der Waals surface area (Å²) < 4.78 is 11.1. The third kappa shape index (κ3) is 4.11. The Morgan fingerprint density at radius 2 is 2.23 bits per heavy atom. The standard InChI is InChI=1S/C17H26N2O3/c20-17(18-12-14-6-4-10-21-14)13-19-9-3-1-2-7-15(19)16-8-5-11-22-16/h5,8,11,14-15H,1-4,6-7,9-10,12-13H2,(H,18,20). The van der Waals surface area contributed by atoms with Gasteiger partial charge in [0, 0.05) is 13.2 Å². The molecule has 2 atom stereocenters. The normalized spacial score (nSPS) is 26.7. The van der Waals surface area contributed by atoms with Crippen LogP contribution in [-0.2, 0) is 9.53 Å². The molecule has 0 aromatic carbocycles. The second kappa shape index (κ2) is 7.79. The summed E-state index contributed by atoms with van der Waals surface area (Å²) in [6.45, 7) is 2.86. The molecule has 122 valence electrons. The van der Waals surface area contributed by atoms with Crippen LogP contribution in [0.15, 0.2) is 22.8 Å². The molecular weight excluding hydrogens is 280 g/mol. The number of carbonyl (C=O) groups excluding carboxylic acids is 1. The monoisotopic (exact) mass is 306 g/mol. The molecule has 1 aromatic heterocycles. The van der Waals surface area contributed by atoms with E-state index in [0.29, 0.717) is 13.1 Å². The predicted octanol–water partition coefficient (Wildman–Crippen LogP) is 2.49. The molecule has 1 N–H and O–H groups in total. The minimum Gasteiger partial charge on any atom is -0.468 e. The number of hydrogen-bond donors (Lipinski definition) is 1. The van der Waals surface area contributed by atoms with Gasteiger partial charge in [-0.15, -0.1) is 0 Å². The van der Waals surface area contributed by atoms with Gasteiger partial charge in [0.2, 0.25) is 5.91 Å². The van der Waals surface area contributed by atoms with Crippen molar-refractivity contribution in [3.63, 3.8) is 0 Å². The second-order valence-electron chi connectivity index (χ2n) is 6.29. The van der Waals surface area contributed by atoms with E-state index in [1.807, 2.05) is 12.1 Å². The van der Waals surface area contributed by atoms with Crippen molar-refractivity contribution in [2.24, 2.45) is 0 Å². The van der Waals surface area contributed by atoms with Gasteiger partial charge in [-0.05, 0) is 44.4 Å². The van der Waals surface area contributed by atoms with Crippen molar-refractivity contribution >= 4 is 5.91 Å². The Morgan fingerprint density at radius 1 is 1.27 bits per heavy atom. The summed E-state index contributed by atoms with van der Waals surface area (Å²) in [4.78, 5) is 14.5. The lowest BCUT2D eigenvalue weighted by atomic mass is 10.1. The maximum absolute atomic E-state index is 12.3. The Morgan fingerprint density at radius 3 is 3.00 bits per heavy atom. The molecule has 2 saturated heterocycles. The fraction of sp³-hybridized carbons (Fsp3) is 0.706. The van der Waals surface area contributed by atoms with E-state index in [1.54, 1.807) is 6.26 Å². The number of amides is 1. The third-order valence-electron chi connectivity index (χ3n) is 4.63. The molecule has 5 heteroatoms. The first-order valence-corrected chi connectivity index (χ1v) is 8.48. The van der Waals surface area contributed by atoms with Crippen LogP contribution in [0.25, 0.3) is 0 Å². The molecule has 0 radical (unpaired) electrons. The van der Waals surface area contributed by atoms with Crippen LogP contribution < -0.4 is 5.32 Å².